The average molecular weight is 505 g/mol. The zero-order valence-electron chi connectivity index (χ0n) is 21.0. The molecule has 0 saturated carbocycles. The van der Waals surface area contributed by atoms with E-state index in [2.05, 4.69) is 13.2 Å². The number of likely N-dealkylation sites (tertiary alicyclic amines) is 1. The second kappa shape index (κ2) is 9.43. The third kappa shape index (κ3) is 3.78. The zero-order valence-corrected chi connectivity index (χ0v) is 21.0. The molecule has 3 saturated heterocycles. The van der Waals surface area contributed by atoms with Crippen molar-refractivity contribution in [2.24, 2.45) is 11.8 Å². The molecule has 3 fully saturated rings. The maximum absolute atomic E-state index is 14.4. The Balaban J connectivity index is 1.57. The number of aliphatic hydroxyl groups is 1. The largest absolute Gasteiger partial charge is 0.461 e. The number of nitrogens with zero attached hydrogens (tertiary/aromatic N) is 2. The van der Waals surface area contributed by atoms with Crippen LogP contribution in [-0.4, -0.2) is 71.3 Å². The van der Waals surface area contributed by atoms with Crippen molar-refractivity contribution in [3.05, 3.63) is 67.8 Å². The number of esters is 1. The van der Waals surface area contributed by atoms with Crippen LogP contribution < -0.4 is 4.90 Å². The molecule has 37 heavy (non-hydrogen) atoms. The molecule has 3 heterocycles. The quantitative estimate of drug-likeness (QED) is 0.417. The van der Waals surface area contributed by atoms with Crippen LogP contribution in [0.5, 0.6) is 0 Å². The highest BCUT2D eigenvalue weighted by Gasteiger charge is 2.78. The van der Waals surface area contributed by atoms with Crippen molar-refractivity contribution in [2.45, 2.75) is 37.0 Å². The molecule has 2 amide bonds. The minimum Gasteiger partial charge on any atom is -0.461 e. The molecule has 0 aromatic heterocycles. The van der Waals surface area contributed by atoms with Gasteiger partial charge < -0.3 is 24.4 Å². The van der Waals surface area contributed by atoms with Gasteiger partial charge >= 0.3 is 5.97 Å². The number of amides is 2. The second-order valence-electron chi connectivity index (χ2n) is 10.2. The summed E-state index contributed by atoms with van der Waals surface area (Å²) in [5, 5.41) is 11.8. The number of anilines is 1. The van der Waals surface area contributed by atoms with Gasteiger partial charge in [0.1, 0.15) is 24.2 Å². The van der Waals surface area contributed by atoms with E-state index in [4.69, 9.17) is 9.47 Å². The van der Waals surface area contributed by atoms with E-state index in [1.165, 1.54) is 11.0 Å². The van der Waals surface area contributed by atoms with Crippen LogP contribution in [0.4, 0.5) is 5.69 Å². The summed E-state index contributed by atoms with van der Waals surface area (Å²) in [4.78, 5) is 44.3. The number of fused-ring (bicyclic) bond motifs is 2. The topological polar surface area (TPSA) is 96.4 Å². The lowest BCUT2D eigenvalue weighted by Gasteiger charge is -2.36. The van der Waals surface area contributed by atoms with E-state index in [0.29, 0.717) is 18.5 Å². The van der Waals surface area contributed by atoms with E-state index >= 15 is 0 Å². The lowest BCUT2D eigenvalue weighted by atomic mass is 9.66. The molecule has 2 aromatic carbocycles. The first-order chi connectivity index (χ1) is 17.8. The Morgan fingerprint density at radius 2 is 1.95 bits per heavy atom. The number of ether oxygens (including phenoxy) is 2. The molecule has 194 valence electrons. The normalized spacial score (nSPS) is 29.8. The molecule has 0 radical (unpaired) electrons. The average Bonchev–Trinajstić information content (AvgIpc) is 3.46. The summed E-state index contributed by atoms with van der Waals surface area (Å²) < 4.78 is 11.9. The molecule has 8 nitrogen and oxygen atoms in total. The molecule has 1 N–H and O–H groups in total. The van der Waals surface area contributed by atoms with Gasteiger partial charge in [-0.3, -0.25) is 14.4 Å². The van der Waals surface area contributed by atoms with E-state index in [9.17, 15) is 19.5 Å². The van der Waals surface area contributed by atoms with E-state index in [-0.39, 0.29) is 38.1 Å². The number of hydrogen-bond donors (Lipinski definition) is 1. The lowest BCUT2D eigenvalue weighted by Crippen LogP contribution is -2.56. The maximum Gasteiger partial charge on any atom is 0.313 e. The Hall–Kier alpha value is -3.49. The Morgan fingerprint density at radius 1 is 1.19 bits per heavy atom. The Labute approximate surface area is 216 Å². The minimum absolute atomic E-state index is 0.0249. The number of aliphatic hydroxyl groups excluding tert-OH is 1. The van der Waals surface area contributed by atoms with Gasteiger partial charge in [0.05, 0.1) is 18.1 Å². The predicted molar refractivity (Wildman–Crippen MR) is 139 cm³/mol. The van der Waals surface area contributed by atoms with Crippen LogP contribution in [0.2, 0.25) is 0 Å². The molecule has 3 aliphatic heterocycles. The van der Waals surface area contributed by atoms with Gasteiger partial charge in [-0.15, -0.1) is 6.58 Å². The van der Waals surface area contributed by atoms with E-state index < -0.39 is 35.0 Å². The summed E-state index contributed by atoms with van der Waals surface area (Å²) >= 11 is 0. The van der Waals surface area contributed by atoms with Crippen molar-refractivity contribution in [3.63, 3.8) is 0 Å². The number of benzene rings is 2. The Bertz CT molecular complexity index is 1280. The number of hydrogen-bond acceptors (Lipinski definition) is 6. The summed E-state index contributed by atoms with van der Waals surface area (Å²) in [5.41, 5.74) is -1.44. The number of β-amino-alcohol motifs (C(OH)–C–C–N with tert-alkyl or cyclic N) is 1. The number of carbonyl (C=O) groups is 3. The van der Waals surface area contributed by atoms with Crippen LogP contribution >= 0.6 is 0 Å². The van der Waals surface area contributed by atoms with Crippen molar-refractivity contribution < 1.29 is 29.0 Å². The minimum atomic E-state index is -1.19. The van der Waals surface area contributed by atoms with E-state index in [1.54, 1.807) is 11.0 Å². The molecule has 2 aromatic rings. The van der Waals surface area contributed by atoms with E-state index in [1.807, 2.05) is 49.4 Å². The smallest absolute Gasteiger partial charge is 0.313 e. The fourth-order valence-corrected chi connectivity index (χ4v) is 6.59. The van der Waals surface area contributed by atoms with Crippen LogP contribution in [0, 0.1) is 11.8 Å². The maximum atomic E-state index is 14.4. The molecule has 0 aliphatic carbocycles. The highest BCUT2D eigenvalue weighted by molar-refractivity contribution is 6.05. The van der Waals surface area contributed by atoms with Gasteiger partial charge in [0, 0.05) is 18.8 Å². The second-order valence-corrected chi connectivity index (χ2v) is 10.2. The number of rotatable bonds is 9. The molecule has 5 atom stereocenters. The van der Waals surface area contributed by atoms with Gasteiger partial charge in [-0.05, 0) is 42.7 Å². The van der Waals surface area contributed by atoms with Crippen molar-refractivity contribution in [1.82, 2.24) is 4.90 Å². The highest BCUT2D eigenvalue weighted by Crippen LogP contribution is 2.63. The van der Waals surface area contributed by atoms with Crippen molar-refractivity contribution in [3.8, 4) is 0 Å². The van der Waals surface area contributed by atoms with Gasteiger partial charge in [0.2, 0.25) is 5.91 Å². The van der Waals surface area contributed by atoms with Crippen molar-refractivity contribution in [1.29, 1.82) is 0 Å². The molecular weight excluding hydrogens is 472 g/mol. The summed E-state index contributed by atoms with van der Waals surface area (Å²) in [6.45, 7) is 9.13. The summed E-state index contributed by atoms with van der Waals surface area (Å²) in [5.74, 6) is -2.94. The fourth-order valence-electron chi connectivity index (χ4n) is 6.59. The zero-order chi connectivity index (χ0) is 26.4. The van der Waals surface area contributed by atoms with Crippen molar-refractivity contribution >= 4 is 34.2 Å². The van der Waals surface area contributed by atoms with Gasteiger partial charge in [-0.1, -0.05) is 49.1 Å². The van der Waals surface area contributed by atoms with Gasteiger partial charge in [0.25, 0.3) is 5.91 Å². The number of carbonyl (C=O) groups excluding carboxylic acids is 3. The Morgan fingerprint density at radius 3 is 2.65 bits per heavy atom. The molecule has 1 spiro atoms. The first kappa shape index (κ1) is 25.2. The van der Waals surface area contributed by atoms with Crippen LogP contribution in [0.25, 0.3) is 10.8 Å². The first-order valence-electron chi connectivity index (χ1n) is 12.6. The highest BCUT2D eigenvalue weighted by atomic mass is 16.6. The molecule has 3 aliphatic rings. The lowest BCUT2D eigenvalue weighted by molar-refractivity contribution is -0.158. The van der Waals surface area contributed by atoms with Gasteiger partial charge in [-0.2, -0.15) is 0 Å². The third-order valence-corrected chi connectivity index (χ3v) is 8.07. The van der Waals surface area contributed by atoms with Crippen LogP contribution in [0.15, 0.2) is 67.8 Å². The molecular formula is C29H32N2O6. The molecule has 2 bridgehead atoms. The summed E-state index contributed by atoms with van der Waals surface area (Å²) in [6, 6.07) is 12.6. The first-order valence-corrected chi connectivity index (χ1v) is 12.6. The predicted octanol–water partition coefficient (Wildman–Crippen LogP) is 2.85. The molecule has 2 unspecified atom stereocenters. The summed E-state index contributed by atoms with van der Waals surface area (Å²) in [7, 11) is 0. The van der Waals surface area contributed by atoms with Gasteiger partial charge in [0.15, 0.2) is 0 Å². The van der Waals surface area contributed by atoms with Gasteiger partial charge in [-0.25, -0.2) is 0 Å². The monoisotopic (exact) mass is 504 g/mol. The van der Waals surface area contributed by atoms with Crippen molar-refractivity contribution in [2.75, 3.05) is 31.2 Å². The molecule has 8 heteroatoms. The SMILES string of the molecule is C=CCOC(=O)[C@H]1[C@H]2C(=O)N(CCO)C(C(=O)N(CC=C)c3ccc4ccccc4c3)C23CC[C@]1(C)O3. The third-order valence-electron chi connectivity index (χ3n) is 8.07. The summed E-state index contributed by atoms with van der Waals surface area (Å²) in [6.07, 6.45) is 4.07. The van der Waals surface area contributed by atoms with Crippen LogP contribution in [0.3, 0.4) is 0 Å². The van der Waals surface area contributed by atoms with E-state index in [0.717, 1.165) is 10.8 Å². The fraction of sp³-hybridized carbons (Fsp3) is 0.414. The van der Waals surface area contributed by atoms with Crippen LogP contribution in [0.1, 0.15) is 19.8 Å². The molecule has 5 rings (SSSR count). The Kier molecular flexibility index (Phi) is 6.41. The van der Waals surface area contributed by atoms with Crippen LogP contribution in [-0.2, 0) is 23.9 Å². The standard InChI is InChI=1S/C29H32N2O6/c1-4-14-30(21-11-10-19-8-6-7-9-20(19)18-21)26(34)24-29-13-12-28(3,37-29)23(27(35)36-17-5-2)22(29)25(33)31(24)15-16-32/h4-11,18,22-24,32H,1-2,12-17H2,3H3/t22-,23+,24?,28-,29?/m0/s1.